The molecule has 0 bridgehead atoms. The maximum Gasteiger partial charge on any atom is 0.123 e. The second-order valence-corrected chi connectivity index (χ2v) is 5.78. The number of rotatable bonds is 4. The lowest BCUT2D eigenvalue weighted by Gasteiger charge is -2.41. The number of ether oxygens (including phenoxy) is 1. The molecular weight excluding hydrogens is 262 g/mol. The van der Waals surface area contributed by atoms with E-state index in [1.165, 1.54) is 11.3 Å². The summed E-state index contributed by atoms with van der Waals surface area (Å²) < 4.78 is 5.84. The molecule has 21 heavy (non-hydrogen) atoms. The highest BCUT2D eigenvalue weighted by molar-refractivity contribution is 5.52. The monoisotopic (exact) mass is 281 g/mol. The van der Waals surface area contributed by atoms with Crippen LogP contribution < -0.4 is 15.0 Å². The van der Waals surface area contributed by atoms with Crippen molar-refractivity contribution in [1.82, 2.24) is 10.3 Å². The molecule has 0 radical (unpaired) electrons. The molecular formula is C17H19N3O. The molecule has 3 heterocycles. The van der Waals surface area contributed by atoms with E-state index >= 15 is 0 Å². The molecule has 2 aliphatic rings. The molecule has 0 amide bonds. The zero-order valence-electron chi connectivity index (χ0n) is 11.9. The van der Waals surface area contributed by atoms with E-state index in [-0.39, 0.29) is 0 Å². The zero-order chi connectivity index (χ0) is 14.1. The fraction of sp³-hybridized carbons (Fsp3) is 0.353. The number of aromatic nitrogens is 1. The number of hydrogen-bond donors (Lipinski definition) is 1. The Morgan fingerprint density at radius 2 is 1.90 bits per heavy atom. The van der Waals surface area contributed by atoms with Crippen molar-refractivity contribution in [3.8, 4) is 5.75 Å². The van der Waals surface area contributed by atoms with E-state index in [1.807, 2.05) is 18.5 Å². The first-order valence-corrected chi connectivity index (χ1v) is 7.51. The van der Waals surface area contributed by atoms with Crippen LogP contribution in [0.4, 0.5) is 5.69 Å². The summed E-state index contributed by atoms with van der Waals surface area (Å²) in [6.07, 6.45) is 4.15. The van der Waals surface area contributed by atoms with Crippen molar-refractivity contribution in [3.63, 3.8) is 0 Å². The Morgan fingerprint density at radius 3 is 2.52 bits per heavy atom. The molecule has 0 aliphatic carbocycles. The maximum absolute atomic E-state index is 5.84. The fourth-order valence-electron chi connectivity index (χ4n) is 2.79. The van der Waals surface area contributed by atoms with Gasteiger partial charge in [-0.05, 0) is 35.9 Å². The van der Waals surface area contributed by atoms with Crippen molar-refractivity contribution in [2.45, 2.75) is 12.0 Å². The van der Waals surface area contributed by atoms with Crippen molar-refractivity contribution >= 4 is 5.69 Å². The molecule has 1 aromatic carbocycles. The summed E-state index contributed by atoms with van der Waals surface area (Å²) in [5.41, 5.74) is 2.61. The summed E-state index contributed by atoms with van der Waals surface area (Å²) in [5, 5.41) is 3.21. The number of pyridine rings is 1. The first-order chi connectivity index (χ1) is 10.4. The molecule has 0 spiro atoms. The predicted octanol–water partition coefficient (Wildman–Crippen LogP) is 2.04. The van der Waals surface area contributed by atoms with Crippen molar-refractivity contribution in [2.75, 3.05) is 31.1 Å². The van der Waals surface area contributed by atoms with Gasteiger partial charge >= 0.3 is 0 Å². The molecule has 1 N–H and O–H groups in total. The molecule has 0 atom stereocenters. The molecule has 2 aliphatic heterocycles. The number of nitrogens with one attached hydrogen (secondary N) is 1. The number of nitrogens with zero attached hydrogens (tertiary/aromatic N) is 2. The standard InChI is InChI=1S/C17H19N3O/c1-2-13(8-18-7-1)14-11-20(12-14)15-3-5-16(6-4-15)21-17-9-19-10-17/h1-8,14,17,19H,9-12H2. The predicted molar refractivity (Wildman–Crippen MR) is 82.9 cm³/mol. The largest absolute Gasteiger partial charge is 0.488 e. The van der Waals surface area contributed by atoms with Crippen molar-refractivity contribution < 1.29 is 4.74 Å². The van der Waals surface area contributed by atoms with E-state index < -0.39 is 0 Å². The number of benzene rings is 1. The highest BCUT2D eigenvalue weighted by Crippen LogP contribution is 2.32. The van der Waals surface area contributed by atoms with Gasteiger partial charge < -0.3 is 15.0 Å². The summed E-state index contributed by atoms with van der Waals surface area (Å²) in [5.74, 6) is 1.57. The first-order valence-electron chi connectivity index (χ1n) is 7.51. The van der Waals surface area contributed by atoms with Gasteiger partial charge in [-0.25, -0.2) is 0 Å². The van der Waals surface area contributed by atoms with Crippen LogP contribution in [0.1, 0.15) is 11.5 Å². The molecule has 2 fully saturated rings. The van der Waals surface area contributed by atoms with E-state index in [9.17, 15) is 0 Å². The smallest absolute Gasteiger partial charge is 0.123 e. The molecule has 0 unspecified atom stereocenters. The number of anilines is 1. The molecule has 2 saturated heterocycles. The minimum absolute atomic E-state index is 0.342. The molecule has 0 saturated carbocycles. The van der Waals surface area contributed by atoms with Gasteiger partial charge in [0.15, 0.2) is 0 Å². The Labute approximate surface area is 124 Å². The molecule has 4 heteroatoms. The quantitative estimate of drug-likeness (QED) is 0.930. The van der Waals surface area contributed by atoms with Crippen LogP contribution in [-0.4, -0.2) is 37.3 Å². The summed E-state index contributed by atoms with van der Waals surface area (Å²) >= 11 is 0. The average Bonchev–Trinajstić information content (AvgIpc) is 2.44. The van der Waals surface area contributed by atoms with E-state index in [2.05, 4.69) is 45.5 Å². The van der Waals surface area contributed by atoms with Crippen molar-refractivity contribution in [3.05, 3.63) is 54.4 Å². The molecule has 4 nitrogen and oxygen atoms in total. The van der Waals surface area contributed by atoms with Crippen molar-refractivity contribution in [1.29, 1.82) is 0 Å². The third-order valence-corrected chi connectivity index (χ3v) is 4.29. The average molecular weight is 281 g/mol. The second-order valence-electron chi connectivity index (χ2n) is 5.78. The van der Waals surface area contributed by atoms with Gasteiger partial charge in [0.2, 0.25) is 0 Å². The van der Waals surface area contributed by atoms with Gasteiger partial charge in [0.25, 0.3) is 0 Å². The number of hydrogen-bond acceptors (Lipinski definition) is 4. The Balaban J connectivity index is 1.35. The van der Waals surface area contributed by atoms with Gasteiger partial charge in [-0.2, -0.15) is 0 Å². The fourth-order valence-corrected chi connectivity index (χ4v) is 2.79. The van der Waals surface area contributed by atoms with Crippen LogP contribution in [0, 0.1) is 0 Å². The Bertz CT molecular complexity index is 589. The minimum atomic E-state index is 0.342. The Morgan fingerprint density at radius 1 is 1.10 bits per heavy atom. The van der Waals surface area contributed by atoms with Crippen LogP contribution >= 0.6 is 0 Å². The van der Waals surface area contributed by atoms with Crippen LogP contribution in [0.2, 0.25) is 0 Å². The van der Waals surface area contributed by atoms with Crippen LogP contribution in [-0.2, 0) is 0 Å². The Hall–Kier alpha value is -2.07. The lowest BCUT2D eigenvalue weighted by atomic mass is 9.92. The van der Waals surface area contributed by atoms with E-state index in [1.54, 1.807) is 0 Å². The molecule has 2 aromatic rings. The maximum atomic E-state index is 5.84. The van der Waals surface area contributed by atoms with Crippen LogP contribution in [0.3, 0.4) is 0 Å². The van der Waals surface area contributed by atoms with Crippen LogP contribution in [0.25, 0.3) is 0 Å². The van der Waals surface area contributed by atoms with Crippen LogP contribution in [0.15, 0.2) is 48.8 Å². The molecule has 108 valence electrons. The summed E-state index contributed by atoms with van der Waals surface area (Å²) in [6, 6.07) is 12.6. The Kier molecular flexibility index (Phi) is 3.24. The van der Waals surface area contributed by atoms with Gasteiger partial charge in [-0.15, -0.1) is 0 Å². The van der Waals surface area contributed by atoms with E-state index in [4.69, 9.17) is 4.74 Å². The molecule has 1 aromatic heterocycles. The van der Waals surface area contributed by atoms with E-state index in [0.717, 1.165) is 31.9 Å². The normalized spacial score (nSPS) is 19.0. The van der Waals surface area contributed by atoms with Gasteiger partial charge in [0, 0.05) is 50.2 Å². The van der Waals surface area contributed by atoms with Gasteiger partial charge in [-0.3, -0.25) is 4.98 Å². The lowest BCUT2D eigenvalue weighted by Crippen LogP contribution is -2.50. The van der Waals surface area contributed by atoms with Gasteiger partial charge in [-0.1, -0.05) is 6.07 Å². The first kappa shape index (κ1) is 12.7. The van der Waals surface area contributed by atoms with Gasteiger partial charge in [0.1, 0.15) is 11.9 Å². The third kappa shape index (κ3) is 2.59. The highest BCUT2D eigenvalue weighted by Gasteiger charge is 2.28. The van der Waals surface area contributed by atoms with Crippen LogP contribution in [0.5, 0.6) is 5.75 Å². The summed E-state index contributed by atoms with van der Waals surface area (Å²) in [6.45, 7) is 4.05. The summed E-state index contributed by atoms with van der Waals surface area (Å²) in [4.78, 5) is 6.59. The third-order valence-electron chi connectivity index (χ3n) is 4.29. The SMILES string of the molecule is c1cncc(C2CN(c3ccc(OC4CNC4)cc3)C2)c1. The zero-order valence-corrected chi connectivity index (χ0v) is 11.9. The van der Waals surface area contributed by atoms with Gasteiger partial charge in [0.05, 0.1) is 0 Å². The minimum Gasteiger partial charge on any atom is -0.488 e. The topological polar surface area (TPSA) is 37.4 Å². The lowest BCUT2D eigenvalue weighted by molar-refractivity contribution is 0.142. The van der Waals surface area contributed by atoms with E-state index in [0.29, 0.717) is 12.0 Å². The van der Waals surface area contributed by atoms with Crippen molar-refractivity contribution in [2.24, 2.45) is 0 Å². The highest BCUT2D eigenvalue weighted by atomic mass is 16.5. The summed E-state index contributed by atoms with van der Waals surface area (Å²) in [7, 11) is 0. The second kappa shape index (κ2) is 5.37. The molecule has 4 rings (SSSR count).